The molecule has 3 amide bonds. The van der Waals surface area contributed by atoms with Crippen LogP contribution in [0.5, 0.6) is 0 Å². The zero-order valence-corrected chi connectivity index (χ0v) is 19.6. The number of hydrogen-bond acceptors (Lipinski definition) is 5. The fourth-order valence-corrected chi connectivity index (χ4v) is 3.45. The molecule has 0 unspecified atom stereocenters. The molecule has 2 heterocycles. The largest absolute Gasteiger partial charge is 0.453 e. The summed E-state index contributed by atoms with van der Waals surface area (Å²) in [5.74, 6) is 0.544. The van der Waals surface area contributed by atoms with Gasteiger partial charge in [0.05, 0.1) is 17.6 Å². The van der Waals surface area contributed by atoms with Crippen molar-refractivity contribution >= 4 is 46.3 Å². The van der Waals surface area contributed by atoms with E-state index in [1.54, 1.807) is 48.5 Å². The molecule has 0 saturated carbocycles. The quantitative estimate of drug-likeness (QED) is 0.345. The highest BCUT2D eigenvalue weighted by Gasteiger charge is 2.14. The fourth-order valence-electron chi connectivity index (χ4n) is 3.25. The number of nitrogens with zero attached hydrogens (tertiary/aromatic N) is 3. The monoisotopic (exact) mass is 478 g/mol. The molecule has 34 heavy (non-hydrogen) atoms. The van der Waals surface area contributed by atoms with Gasteiger partial charge >= 0.3 is 12.1 Å². The number of aromatic nitrogens is 3. The number of fused-ring (bicyclic) bond motifs is 1. The van der Waals surface area contributed by atoms with Crippen molar-refractivity contribution < 1.29 is 14.3 Å². The highest BCUT2D eigenvalue weighted by atomic mass is 35.5. The van der Waals surface area contributed by atoms with E-state index >= 15 is 0 Å². The number of imidazole rings is 1. The van der Waals surface area contributed by atoms with Gasteiger partial charge in [-0.05, 0) is 48.9 Å². The molecule has 174 valence electrons. The fraction of sp³-hybridized carbons (Fsp3) is 0.167. The lowest BCUT2D eigenvalue weighted by atomic mass is 10.1. The Morgan fingerprint density at radius 2 is 1.79 bits per heavy atom. The van der Waals surface area contributed by atoms with Gasteiger partial charge in [0.2, 0.25) is 0 Å². The number of halogens is 1. The van der Waals surface area contributed by atoms with Crippen LogP contribution in [-0.4, -0.2) is 52.7 Å². The molecule has 10 heteroatoms. The molecule has 0 aliphatic heterocycles. The van der Waals surface area contributed by atoms with Crippen molar-refractivity contribution in [2.45, 2.75) is 6.92 Å². The number of urea groups is 1. The van der Waals surface area contributed by atoms with Crippen molar-refractivity contribution in [2.24, 2.45) is 0 Å². The highest BCUT2D eigenvalue weighted by molar-refractivity contribution is 6.33. The van der Waals surface area contributed by atoms with E-state index in [1.807, 2.05) is 25.1 Å². The Hall–Kier alpha value is -4.11. The number of H-pyrrole nitrogens is 1. The molecule has 0 fully saturated rings. The number of nitrogens with one attached hydrogen (secondary N) is 3. The Bertz CT molecular complexity index is 1350. The summed E-state index contributed by atoms with van der Waals surface area (Å²) in [5, 5.41) is 5.96. The first-order valence-corrected chi connectivity index (χ1v) is 10.9. The summed E-state index contributed by atoms with van der Waals surface area (Å²) in [4.78, 5) is 37.4. The molecule has 0 atom stereocenters. The van der Waals surface area contributed by atoms with Crippen LogP contribution in [0.15, 0.2) is 54.7 Å². The first kappa shape index (κ1) is 23.1. The van der Waals surface area contributed by atoms with E-state index in [9.17, 15) is 9.59 Å². The molecule has 0 aliphatic rings. The van der Waals surface area contributed by atoms with Gasteiger partial charge in [-0.15, -0.1) is 0 Å². The third kappa shape index (κ3) is 4.94. The standard InChI is InChI=1S/C24H23ClN6O3/c1-4-31(2)23(32)27-17-9-10-19(25)18(12-17)21-29-20-11-15(13-26-22(20)30-21)14-5-7-16(8-6-14)28-24(33)34-3/h5-13H,4H2,1-3H3,(H,27,32)(H,28,33)(H,26,29,30). The molecule has 4 aromatic rings. The van der Waals surface area contributed by atoms with Crippen molar-refractivity contribution in [1.29, 1.82) is 0 Å². The maximum Gasteiger partial charge on any atom is 0.411 e. The molecular weight excluding hydrogens is 456 g/mol. The van der Waals surface area contributed by atoms with Crippen LogP contribution in [-0.2, 0) is 4.74 Å². The van der Waals surface area contributed by atoms with E-state index in [-0.39, 0.29) is 6.03 Å². The molecule has 0 radical (unpaired) electrons. The van der Waals surface area contributed by atoms with E-state index in [2.05, 4.69) is 30.3 Å². The summed E-state index contributed by atoms with van der Waals surface area (Å²) in [5.41, 5.74) is 4.96. The number of ether oxygens (including phenoxy) is 1. The second-order valence-electron chi connectivity index (χ2n) is 7.51. The van der Waals surface area contributed by atoms with Crippen LogP contribution < -0.4 is 10.6 Å². The van der Waals surface area contributed by atoms with E-state index < -0.39 is 6.09 Å². The summed E-state index contributed by atoms with van der Waals surface area (Å²) in [6.07, 6.45) is 1.20. The van der Waals surface area contributed by atoms with Crippen LogP contribution >= 0.6 is 11.6 Å². The molecule has 2 aromatic heterocycles. The second-order valence-corrected chi connectivity index (χ2v) is 7.92. The molecule has 9 nitrogen and oxygen atoms in total. The van der Waals surface area contributed by atoms with Crippen LogP contribution in [0.4, 0.5) is 21.0 Å². The Kier molecular flexibility index (Phi) is 6.65. The molecular formula is C24H23ClN6O3. The number of carbonyl (C=O) groups is 2. The minimum atomic E-state index is -0.527. The molecule has 0 spiro atoms. The third-order valence-electron chi connectivity index (χ3n) is 5.28. The van der Waals surface area contributed by atoms with Gasteiger partial charge in [-0.1, -0.05) is 23.7 Å². The lowest BCUT2D eigenvalue weighted by Crippen LogP contribution is -2.30. The zero-order valence-electron chi connectivity index (χ0n) is 18.8. The number of rotatable bonds is 5. The lowest BCUT2D eigenvalue weighted by molar-refractivity contribution is 0.187. The average molecular weight is 479 g/mol. The summed E-state index contributed by atoms with van der Waals surface area (Å²) >= 11 is 6.43. The van der Waals surface area contributed by atoms with Gasteiger partial charge < -0.3 is 19.9 Å². The number of benzene rings is 2. The molecule has 3 N–H and O–H groups in total. The van der Waals surface area contributed by atoms with Crippen molar-refractivity contribution in [3.8, 4) is 22.5 Å². The van der Waals surface area contributed by atoms with Gasteiger partial charge in [-0.2, -0.15) is 0 Å². The van der Waals surface area contributed by atoms with Crippen molar-refractivity contribution in [1.82, 2.24) is 19.9 Å². The summed E-state index contributed by atoms with van der Waals surface area (Å²) in [7, 11) is 3.03. The highest BCUT2D eigenvalue weighted by Crippen LogP contribution is 2.31. The maximum absolute atomic E-state index is 12.2. The molecule has 0 bridgehead atoms. The zero-order chi connectivity index (χ0) is 24.2. The summed E-state index contributed by atoms with van der Waals surface area (Å²) in [6, 6.07) is 14.3. The van der Waals surface area contributed by atoms with Gasteiger partial charge in [0.1, 0.15) is 5.82 Å². The number of amides is 3. The second kappa shape index (κ2) is 9.80. The lowest BCUT2D eigenvalue weighted by Gasteiger charge is -2.16. The number of hydrogen-bond donors (Lipinski definition) is 3. The average Bonchev–Trinajstić information content (AvgIpc) is 3.28. The predicted molar refractivity (Wildman–Crippen MR) is 133 cm³/mol. The van der Waals surface area contributed by atoms with Gasteiger partial charge in [0, 0.05) is 42.3 Å². The van der Waals surface area contributed by atoms with E-state index in [4.69, 9.17) is 11.6 Å². The number of pyridine rings is 1. The SMILES string of the molecule is CCN(C)C(=O)Nc1ccc(Cl)c(-c2nc3ncc(-c4ccc(NC(=O)OC)cc4)cc3[nH]2)c1. The van der Waals surface area contributed by atoms with Crippen LogP contribution in [0, 0.1) is 0 Å². The molecule has 0 saturated heterocycles. The summed E-state index contributed by atoms with van der Waals surface area (Å²) < 4.78 is 4.60. The topological polar surface area (TPSA) is 112 Å². The van der Waals surface area contributed by atoms with E-state index in [1.165, 1.54) is 7.11 Å². The molecule has 0 aliphatic carbocycles. The smallest absolute Gasteiger partial charge is 0.411 e. The normalized spacial score (nSPS) is 10.7. The summed E-state index contributed by atoms with van der Waals surface area (Å²) in [6.45, 7) is 2.49. The Labute approximate surface area is 201 Å². The van der Waals surface area contributed by atoms with E-state index in [0.29, 0.717) is 40.0 Å². The van der Waals surface area contributed by atoms with Crippen molar-refractivity contribution in [3.05, 3.63) is 59.8 Å². The number of aromatic amines is 1. The third-order valence-corrected chi connectivity index (χ3v) is 5.61. The Balaban J connectivity index is 1.61. The predicted octanol–water partition coefficient (Wildman–Crippen LogP) is 5.61. The van der Waals surface area contributed by atoms with Gasteiger partial charge in [0.15, 0.2) is 5.65 Å². The van der Waals surface area contributed by atoms with Gasteiger partial charge in [-0.3, -0.25) is 5.32 Å². The van der Waals surface area contributed by atoms with Crippen LogP contribution in [0.1, 0.15) is 6.92 Å². The minimum Gasteiger partial charge on any atom is -0.453 e. The number of carbonyl (C=O) groups excluding carboxylic acids is 2. The van der Waals surface area contributed by atoms with Crippen LogP contribution in [0.25, 0.3) is 33.7 Å². The first-order valence-electron chi connectivity index (χ1n) is 10.5. The van der Waals surface area contributed by atoms with Crippen molar-refractivity contribution in [3.63, 3.8) is 0 Å². The Morgan fingerprint density at radius 3 is 2.50 bits per heavy atom. The van der Waals surface area contributed by atoms with E-state index in [0.717, 1.165) is 16.6 Å². The number of anilines is 2. The van der Waals surface area contributed by atoms with Crippen LogP contribution in [0.3, 0.4) is 0 Å². The first-order chi connectivity index (χ1) is 16.4. The minimum absolute atomic E-state index is 0.209. The van der Waals surface area contributed by atoms with Gasteiger partial charge in [-0.25, -0.2) is 19.6 Å². The van der Waals surface area contributed by atoms with Gasteiger partial charge in [0.25, 0.3) is 0 Å². The molecule has 2 aromatic carbocycles. The number of methoxy groups -OCH3 is 1. The van der Waals surface area contributed by atoms with Crippen LogP contribution in [0.2, 0.25) is 5.02 Å². The Morgan fingerprint density at radius 1 is 1.06 bits per heavy atom. The van der Waals surface area contributed by atoms with Crippen molar-refractivity contribution in [2.75, 3.05) is 31.3 Å². The maximum atomic E-state index is 12.2. The molecule has 4 rings (SSSR count).